The highest BCUT2D eigenvalue weighted by Crippen LogP contribution is 2.20. The van der Waals surface area contributed by atoms with E-state index in [9.17, 15) is 4.79 Å². The van der Waals surface area contributed by atoms with Gasteiger partial charge in [0, 0.05) is 30.6 Å². The smallest absolute Gasteiger partial charge is 0.287 e. The molecule has 2 rings (SSSR count). The molecule has 0 bridgehead atoms. The van der Waals surface area contributed by atoms with Gasteiger partial charge < -0.3 is 0 Å². The molecular formula is C11H20N6OS. The zero-order valence-electron chi connectivity index (χ0n) is 11.1. The molecule has 8 heteroatoms. The van der Waals surface area contributed by atoms with Crippen LogP contribution in [0.25, 0.3) is 0 Å². The third-order valence-electron chi connectivity index (χ3n) is 3.23. The Balaban J connectivity index is 1.81. The number of thioether (sulfide) groups is 1. The molecule has 1 aromatic heterocycles. The molecule has 1 unspecified atom stereocenters. The summed E-state index contributed by atoms with van der Waals surface area (Å²) in [4.78, 5) is 13.7. The van der Waals surface area contributed by atoms with Crippen LogP contribution in [0.1, 0.15) is 23.8 Å². The fourth-order valence-corrected chi connectivity index (χ4v) is 3.31. The summed E-state index contributed by atoms with van der Waals surface area (Å²) in [6.07, 6.45) is 2.84. The Morgan fingerprint density at radius 1 is 1.63 bits per heavy atom. The van der Waals surface area contributed by atoms with Gasteiger partial charge in [-0.25, -0.2) is 5.84 Å². The standard InChI is InChI=1S/C11H20N6OS/c1-2-9-7-16(5-6-19-9)3-4-17-8-10(14-15-17)11(18)13-12/h8-9H,2-7,12H2,1H3,(H,13,18). The van der Waals surface area contributed by atoms with Crippen molar-refractivity contribution in [2.75, 3.05) is 25.4 Å². The number of amides is 1. The van der Waals surface area contributed by atoms with Crippen molar-refractivity contribution in [3.8, 4) is 0 Å². The zero-order valence-corrected chi connectivity index (χ0v) is 11.9. The summed E-state index contributed by atoms with van der Waals surface area (Å²) in [6.45, 7) is 6.16. The van der Waals surface area contributed by atoms with E-state index in [0.29, 0.717) is 0 Å². The average molecular weight is 284 g/mol. The first kappa shape index (κ1) is 14.3. The summed E-state index contributed by atoms with van der Waals surface area (Å²) >= 11 is 2.06. The number of carbonyl (C=O) groups excluding carboxylic acids is 1. The number of nitrogens with zero attached hydrogens (tertiary/aromatic N) is 4. The van der Waals surface area contributed by atoms with Gasteiger partial charge in [-0.05, 0) is 6.42 Å². The van der Waals surface area contributed by atoms with E-state index >= 15 is 0 Å². The van der Waals surface area contributed by atoms with Gasteiger partial charge in [0.15, 0.2) is 5.69 Å². The maximum Gasteiger partial charge on any atom is 0.287 e. The first-order valence-electron chi connectivity index (χ1n) is 6.48. The first-order valence-corrected chi connectivity index (χ1v) is 7.52. The Hall–Kier alpha value is -1.12. The number of hydrazine groups is 1. The van der Waals surface area contributed by atoms with E-state index in [2.05, 4.69) is 33.9 Å². The summed E-state index contributed by atoms with van der Waals surface area (Å²) in [5.41, 5.74) is 2.30. The second-order valence-electron chi connectivity index (χ2n) is 4.54. The molecule has 1 aliphatic heterocycles. The molecule has 0 radical (unpaired) electrons. The van der Waals surface area contributed by atoms with Gasteiger partial charge in [0.05, 0.1) is 12.7 Å². The molecule has 1 aromatic rings. The molecular weight excluding hydrogens is 264 g/mol. The van der Waals surface area contributed by atoms with Crippen molar-refractivity contribution < 1.29 is 4.79 Å². The van der Waals surface area contributed by atoms with Crippen LogP contribution in [0.3, 0.4) is 0 Å². The van der Waals surface area contributed by atoms with Gasteiger partial charge in [0.25, 0.3) is 5.91 Å². The Kier molecular flexibility index (Phi) is 5.17. The van der Waals surface area contributed by atoms with Gasteiger partial charge in [0.1, 0.15) is 0 Å². The Morgan fingerprint density at radius 2 is 2.47 bits per heavy atom. The van der Waals surface area contributed by atoms with Crippen molar-refractivity contribution >= 4 is 17.7 Å². The number of hydrogen-bond acceptors (Lipinski definition) is 6. The molecule has 1 fully saturated rings. The maximum atomic E-state index is 11.2. The first-order chi connectivity index (χ1) is 9.22. The van der Waals surface area contributed by atoms with E-state index in [0.717, 1.165) is 31.4 Å². The lowest BCUT2D eigenvalue weighted by atomic mass is 10.3. The average Bonchev–Trinajstić information content (AvgIpc) is 2.93. The van der Waals surface area contributed by atoms with E-state index in [1.165, 1.54) is 12.2 Å². The minimum Gasteiger partial charge on any atom is -0.300 e. The third kappa shape index (κ3) is 3.92. The van der Waals surface area contributed by atoms with Crippen molar-refractivity contribution in [2.24, 2.45) is 5.84 Å². The minimum atomic E-state index is -0.410. The summed E-state index contributed by atoms with van der Waals surface area (Å²) in [6, 6.07) is 0. The van der Waals surface area contributed by atoms with Crippen LogP contribution in [0.15, 0.2) is 6.20 Å². The van der Waals surface area contributed by atoms with Crippen molar-refractivity contribution in [3.05, 3.63) is 11.9 Å². The Morgan fingerprint density at radius 3 is 3.21 bits per heavy atom. The lowest BCUT2D eigenvalue weighted by Crippen LogP contribution is -2.39. The minimum absolute atomic E-state index is 0.253. The van der Waals surface area contributed by atoms with Crippen molar-refractivity contribution in [3.63, 3.8) is 0 Å². The largest absolute Gasteiger partial charge is 0.300 e. The van der Waals surface area contributed by atoms with E-state index in [-0.39, 0.29) is 5.69 Å². The number of nitrogens with one attached hydrogen (secondary N) is 1. The fourth-order valence-electron chi connectivity index (χ4n) is 2.06. The molecule has 7 nitrogen and oxygen atoms in total. The van der Waals surface area contributed by atoms with E-state index in [4.69, 9.17) is 5.84 Å². The molecule has 0 spiro atoms. The van der Waals surface area contributed by atoms with Crippen molar-refractivity contribution in [1.82, 2.24) is 25.3 Å². The second kappa shape index (κ2) is 6.88. The molecule has 19 heavy (non-hydrogen) atoms. The molecule has 0 aromatic carbocycles. The van der Waals surface area contributed by atoms with Crippen molar-refractivity contribution in [1.29, 1.82) is 0 Å². The van der Waals surface area contributed by atoms with E-state index in [1.54, 1.807) is 10.9 Å². The van der Waals surface area contributed by atoms with Gasteiger partial charge >= 0.3 is 0 Å². The molecule has 1 atom stereocenters. The lowest BCUT2D eigenvalue weighted by molar-refractivity contribution is 0.0948. The van der Waals surface area contributed by atoms with Gasteiger partial charge in [-0.15, -0.1) is 5.10 Å². The number of carbonyl (C=O) groups is 1. The van der Waals surface area contributed by atoms with Crippen LogP contribution in [0.2, 0.25) is 0 Å². The number of nitrogen functional groups attached to an aromatic ring is 1. The molecule has 0 saturated carbocycles. The topological polar surface area (TPSA) is 89.1 Å². The van der Waals surface area contributed by atoms with Crippen LogP contribution in [-0.2, 0) is 6.54 Å². The predicted octanol–water partition coefficient (Wildman–Crippen LogP) is -0.291. The molecule has 3 N–H and O–H groups in total. The maximum absolute atomic E-state index is 11.2. The second-order valence-corrected chi connectivity index (χ2v) is 5.95. The van der Waals surface area contributed by atoms with Crippen LogP contribution >= 0.6 is 11.8 Å². The zero-order chi connectivity index (χ0) is 13.7. The summed E-state index contributed by atoms with van der Waals surface area (Å²) in [7, 11) is 0. The summed E-state index contributed by atoms with van der Waals surface area (Å²) in [5.74, 6) is 5.83. The Labute approximate surface area is 116 Å². The van der Waals surface area contributed by atoms with Gasteiger partial charge in [-0.2, -0.15) is 11.8 Å². The quantitative estimate of drug-likeness (QED) is 0.439. The number of nitrogens with two attached hydrogens (primary N) is 1. The van der Waals surface area contributed by atoms with Crippen LogP contribution in [0.4, 0.5) is 0 Å². The molecule has 2 heterocycles. The molecule has 0 aliphatic carbocycles. The van der Waals surface area contributed by atoms with Gasteiger partial charge in [-0.1, -0.05) is 12.1 Å². The summed E-state index contributed by atoms with van der Waals surface area (Å²) < 4.78 is 1.69. The normalized spacial score (nSPS) is 20.4. The third-order valence-corrected chi connectivity index (χ3v) is 4.60. The molecule has 1 saturated heterocycles. The Bertz CT molecular complexity index is 423. The monoisotopic (exact) mass is 284 g/mol. The summed E-state index contributed by atoms with van der Waals surface area (Å²) in [5, 5.41) is 8.45. The molecule has 1 amide bonds. The fraction of sp³-hybridized carbons (Fsp3) is 0.727. The molecule has 1 aliphatic rings. The van der Waals surface area contributed by atoms with Gasteiger partial charge in [0.2, 0.25) is 0 Å². The van der Waals surface area contributed by atoms with E-state index in [1.807, 2.05) is 5.43 Å². The highest BCUT2D eigenvalue weighted by molar-refractivity contribution is 8.00. The van der Waals surface area contributed by atoms with Crippen molar-refractivity contribution in [2.45, 2.75) is 25.1 Å². The molecule has 106 valence electrons. The van der Waals surface area contributed by atoms with Crippen LogP contribution in [0.5, 0.6) is 0 Å². The van der Waals surface area contributed by atoms with Gasteiger partial charge in [-0.3, -0.25) is 19.8 Å². The number of aromatic nitrogens is 3. The highest BCUT2D eigenvalue weighted by Gasteiger charge is 2.18. The highest BCUT2D eigenvalue weighted by atomic mass is 32.2. The van der Waals surface area contributed by atoms with Crippen LogP contribution < -0.4 is 11.3 Å². The lowest BCUT2D eigenvalue weighted by Gasteiger charge is -2.31. The van der Waals surface area contributed by atoms with Crippen LogP contribution in [-0.4, -0.2) is 56.4 Å². The number of rotatable bonds is 5. The van der Waals surface area contributed by atoms with E-state index < -0.39 is 5.91 Å². The number of hydrogen-bond donors (Lipinski definition) is 2. The SMILES string of the molecule is CCC1CN(CCn2cc(C(=O)NN)nn2)CCS1. The predicted molar refractivity (Wildman–Crippen MR) is 74.7 cm³/mol. The van der Waals surface area contributed by atoms with Crippen LogP contribution in [0, 0.1) is 0 Å².